The van der Waals surface area contributed by atoms with Gasteiger partial charge in [0, 0.05) is 5.92 Å². The SMILES string of the molecule is Cl.FC(F)C1[C@H]2CNC[C@@H]12. The summed E-state index contributed by atoms with van der Waals surface area (Å²) >= 11 is 0. The molecule has 1 aliphatic carbocycles. The van der Waals surface area contributed by atoms with Crippen molar-refractivity contribution in [2.75, 3.05) is 13.1 Å². The van der Waals surface area contributed by atoms with Gasteiger partial charge in [-0.25, -0.2) is 8.78 Å². The Morgan fingerprint density at radius 2 is 1.70 bits per heavy atom. The molecule has 2 aliphatic rings. The largest absolute Gasteiger partial charge is 0.316 e. The number of halogens is 3. The van der Waals surface area contributed by atoms with E-state index >= 15 is 0 Å². The lowest BCUT2D eigenvalue weighted by molar-refractivity contribution is 0.108. The van der Waals surface area contributed by atoms with Crippen molar-refractivity contribution in [1.82, 2.24) is 5.32 Å². The Labute approximate surface area is 64.6 Å². The molecule has 0 amide bonds. The fraction of sp³-hybridized carbons (Fsp3) is 1.00. The van der Waals surface area contributed by atoms with Crippen LogP contribution in [0.2, 0.25) is 0 Å². The number of rotatable bonds is 1. The van der Waals surface area contributed by atoms with Gasteiger partial charge in [0.05, 0.1) is 0 Å². The number of alkyl halides is 2. The van der Waals surface area contributed by atoms with Crippen LogP contribution in [0.25, 0.3) is 0 Å². The van der Waals surface area contributed by atoms with Gasteiger partial charge in [-0.05, 0) is 24.9 Å². The molecule has 0 aromatic rings. The van der Waals surface area contributed by atoms with E-state index in [4.69, 9.17) is 0 Å². The summed E-state index contributed by atoms with van der Waals surface area (Å²) in [4.78, 5) is 0. The summed E-state index contributed by atoms with van der Waals surface area (Å²) in [7, 11) is 0. The van der Waals surface area contributed by atoms with Crippen LogP contribution in [0.5, 0.6) is 0 Å². The van der Waals surface area contributed by atoms with Gasteiger partial charge in [0.25, 0.3) is 0 Å². The summed E-state index contributed by atoms with van der Waals surface area (Å²) in [6.45, 7) is 1.64. The summed E-state index contributed by atoms with van der Waals surface area (Å²) in [5.41, 5.74) is 0. The number of fused-ring (bicyclic) bond motifs is 1. The van der Waals surface area contributed by atoms with Gasteiger partial charge in [-0.15, -0.1) is 12.4 Å². The third kappa shape index (κ3) is 1.01. The third-order valence-electron chi connectivity index (χ3n) is 2.45. The molecule has 1 saturated heterocycles. The molecule has 1 heterocycles. The second-order valence-electron chi connectivity index (χ2n) is 2.90. The van der Waals surface area contributed by atoms with E-state index in [0.717, 1.165) is 13.1 Å². The molecular weight excluding hydrogens is 160 g/mol. The molecule has 0 radical (unpaired) electrons. The number of nitrogens with one attached hydrogen (secondary N) is 1. The maximum Gasteiger partial charge on any atom is 0.242 e. The molecule has 0 spiro atoms. The Kier molecular flexibility index (Phi) is 2.15. The fourth-order valence-electron chi connectivity index (χ4n) is 1.84. The maximum atomic E-state index is 11.9. The highest BCUT2D eigenvalue weighted by molar-refractivity contribution is 5.85. The van der Waals surface area contributed by atoms with Gasteiger partial charge in [0.1, 0.15) is 0 Å². The zero-order chi connectivity index (χ0) is 6.43. The molecule has 10 heavy (non-hydrogen) atoms. The van der Waals surface area contributed by atoms with Crippen molar-refractivity contribution in [2.24, 2.45) is 17.8 Å². The molecule has 2 fully saturated rings. The summed E-state index contributed by atoms with van der Waals surface area (Å²) in [5.74, 6) is 0.362. The highest BCUT2D eigenvalue weighted by Crippen LogP contribution is 2.51. The van der Waals surface area contributed by atoms with E-state index in [1.54, 1.807) is 0 Å². The van der Waals surface area contributed by atoms with Crippen molar-refractivity contribution in [3.8, 4) is 0 Å². The molecule has 2 rings (SSSR count). The zero-order valence-electron chi connectivity index (χ0n) is 5.39. The van der Waals surface area contributed by atoms with Gasteiger partial charge in [-0.2, -0.15) is 0 Å². The Bertz CT molecular complexity index is 121. The lowest BCUT2D eigenvalue weighted by Gasteiger charge is -2.00. The third-order valence-corrected chi connectivity index (χ3v) is 2.45. The van der Waals surface area contributed by atoms with Crippen molar-refractivity contribution < 1.29 is 8.78 Å². The van der Waals surface area contributed by atoms with E-state index in [2.05, 4.69) is 5.32 Å². The van der Waals surface area contributed by atoms with Crippen molar-refractivity contribution in [2.45, 2.75) is 6.43 Å². The van der Waals surface area contributed by atoms with Crippen LogP contribution in [0.4, 0.5) is 8.78 Å². The topological polar surface area (TPSA) is 12.0 Å². The van der Waals surface area contributed by atoms with Gasteiger partial charge >= 0.3 is 0 Å². The standard InChI is InChI=1S/C6H9F2N.ClH/c7-6(8)5-3-1-9-2-4(3)5;/h3-6,9H,1-2H2;1H/t3-,4+,5?;. The Morgan fingerprint density at radius 1 is 1.20 bits per heavy atom. The average Bonchev–Trinajstić information content (AvgIpc) is 2.30. The summed E-state index contributed by atoms with van der Waals surface area (Å²) in [6.07, 6.45) is -2.07. The molecule has 1 unspecified atom stereocenters. The van der Waals surface area contributed by atoms with Crippen LogP contribution < -0.4 is 5.32 Å². The number of hydrogen-bond donors (Lipinski definition) is 1. The Hall–Kier alpha value is 0.110. The number of hydrogen-bond acceptors (Lipinski definition) is 1. The average molecular weight is 170 g/mol. The Balaban J connectivity index is 0.000000500. The van der Waals surface area contributed by atoms with Crippen LogP contribution in [0.3, 0.4) is 0 Å². The molecule has 60 valence electrons. The van der Waals surface area contributed by atoms with Crippen molar-refractivity contribution in [1.29, 1.82) is 0 Å². The molecule has 1 N–H and O–H groups in total. The van der Waals surface area contributed by atoms with Crippen LogP contribution in [0, 0.1) is 17.8 Å². The molecule has 3 atom stereocenters. The summed E-state index contributed by atoms with van der Waals surface area (Å²) in [6, 6.07) is 0. The highest BCUT2D eigenvalue weighted by atomic mass is 35.5. The molecule has 0 bridgehead atoms. The quantitative estimate of drug-likeness (QED) is 0.621. The second kappa shape index (κ2) is 2.62. The van der Waals surface area contributed by atoms with Crippen molar-refractivity contribution >= 4 is 12.4 Å². The van der Waals surface area contributed by atoms with Gasteiger partial charge in [-0.3, -0.25) is 0 Å². The summed E-state index contributed by atoms with van der Waals surface area (Å²) < 4.78 is 23.8. The van der Waals surface area contributed by atoms with Crippen molar-refractivity contribution in [3.63, 3.8) is 0 Å². The smallest absolute Gasteiger partial charge is 0.242 e. The molecule has 1 nitrogen and oxygen atoms in total. The van der Waals surface area contributed by atoms with E-state index in [1.165, 1.54) is 0 Å². The predicted octanol–water partition coefficient (Wildman–Crippen LogP) is 1.14. The van der Waals surface area contributed by atoms with Gasteiger partial charge in [0.2, 0.25) is 6.43 Å². The van der Waals surface area contributed by atoms with Crippen LogP contribution in [0.1, 0.15) is 0 Å². The molecule has 1 aliphatic heterocycles. The van der Waals surface area contributed by atoms with Crippen molar-refractivity contribution in [3.05, 3.63) is 0 Å². The van der Waals surface area contributed by atoms with Gasteiger partial charge in [0.15, 0.2) is 0 Å². The van der Waals surface area contributed by atoms with E-state index in [9.17, 15) is 8.78 Å². The first-order valence-corrected chi connectivity index (χ1v) is 3.29. The number of piperidine rings is 1. The first kappa shape index (κ1) is 8.21. The maximum absolute atomic E-state index is 11.9. The lowest BCUT2D eigenvalue weighted by Crippen LogP contribution is -2.17. The molecule has 4 heteroatoms. The molecule has 0 aromatic heterocycles. The van der Waals surface area contributed by atoms with Gasteiger partial charge in [-0.1, -0.05) is 0 Å². The monoisotopic (exact) mass is 169 g/mol. The normalized spacial score (nSPS) is 42.9. The lowest BCUT2D eigenvalue weighted by atomic mass is 10.3. The second-order valence-corrected chi connectivity index (χ2v) is 2.90. The predicted molar refractivity (Wildman–Crippen MR) is 36.6 cm³/mol. The molecule has 0 aromatic carbocycles. The van der Waals surface area contributed by atoms with Crippen LogP contribution >= 0.6 is 12.4 Å². The minimum Gasteiger partial charge on any atom is -0.316 e. The first-order chi connectivity index (χ1) is 4.30. The van der Waals surface area contributed by atoms with Gasteiger partial charge < -0.3 is 5.32 Å². The summed E-state index contributed by atoms with van der Waals surface area (Å²) in [5, 5.41) is 3.07. The van der Waals surface area contributed by atoms with E-state index < -0.39 is 6.43 Å². The molecular formula is C6H10ClF2N. The van der Waals surface area contributed by atoms with E-state index in [1.807, 2.05) is 0 Å². The highest BCUT2D eigenvalue weighted by Gasteiger charge is 2.57. The fourth-order valence-corrected chi connectivity index (χ4v) is 1.84. The van der Waals surface area contributed by atoms with Crippen LogP contribution in [0.15, 0.2) is 0 Å². The van der Waals surface area contributed by atoms with E-state index in [-0.39, 0.29) is 18.3 Å². The Morgan fingerprint density at radius 3 is 2.00 bits per heavy atom. The zero-order valence-corrected chi connectivity index (χ0v) is 6.20. The first-order valence-electron chi connectivity index (χ1n) is 3.29. The van der Waals surface area contributed by atoms with Crippen LogP contribution in [-0.4, -0.2) is 19.5 Å². The van der Waals surface area contributed by atoms with E-state index in [0.29, 0.717) is 11.8 Å². The molecule has 1 saturated carbocycles. The van der Waals surface area contributed by atoms with Crippen LogP contribution in [-0.2, 0) is 0 Å². The minimum absolute atomic E-state index is 0. The minimum atomic E-state index is -2.07.